The summed E-state index contributed by atoms with van der Waals surface area (Å²) in [5, 5.41) is 16.5. The predicted molar refractivity (Wildman–Crippen MR) is 78.3 cm³/mol. The van der Waals surface area contributed by atoms with Crippen LogP contribution in [0.3, 0.4) is 0 Å². The van der Waals surface area contributed by atoms with Crippen molar-refractivity contribution in [3.05, 3.63) is 42.1 Å². The summed E-state index contributed by atoms with van der Waals surface area (Å²) < 4.78 is 5.08. The van der Waals surface area contributed by atoms with Crippen molar-refractivity contribution in [1.82, 2.24) is 15.1 Å². The van der Waals surface area contributed by atoms with Crippen LogP contribution in [-0.4, -0.2) is 53.6 Å². The van der Waals surface area contributed by atoms with Gasteiger partial charge in [0.1, 0.15) is 0 Å². The zero-order valence-electron chi connectivity index (χ0n) is 11.7. The molecule has 0 fully saturated rings. The van der Waals surface area contributed by atoms with Crippen molar-refractivity contribution >= 4 is 0 Å². The summed E-state index contributed by atoms with van der Waals surface area (Å²) >= 11 is 0. The summed E-state index contributed by atoms with van der Waals surface area (Å²) in [6, 6.07) is 12.1. The molecule has 0 aliphatic carbocycles. The Bertz CT molecular complexity index is 499. The van der Waals surface area contributed by atoms with Crippen molar-refractivity contribution in [1.29, 1.82) is 0 Å². The maximum absolute atomic E-state index is 9.09. The monoisotopic (exact) mass is 275 g/mol. The molecule has 0 radical (unpaired) electrons. The van der Waals surface area contributed by atoms with E-state index in [2.05, 4.69) is 15.1 Å². The van der Waals surface area contributed by atoms with Gasteiger partial charge in [0.15, 0.2) is 0 Å². The SMILES string of the molecule is COCCN(CCO)Cc1cc(-c2ccccc2)n[nH]1. The van der Waals surface area contributed by atoms with E-state index in [9.17, 15) is 0 Å². The van der Waals surface area contributed by atoms with Crippen molar-refractivity contribution in [3.8, 4) is 11.3 Å². The van der Waals surface area contributed by atoms with Gasteiger partial charge < -0.3 is 9.84 Å². The summed E-state index contributed by atoms with van der Waals surface area (Å²) in [7, 11) is 1.68. The molecule has 0 saturated heterocycles. The Kier molecular flexibility index (Phi) is 5.73. The molecule has 0 saturated carbocycles. The number of hydrogen-bond acceptors (Lipinski definition) is 4. The van der Waals surface area contributed by atoms with Gasteiger partial charge in [0, 0.05) is 38.0 Å². The van der Waals surface area contributed by atoms with Crippen LogP contribution in [-0.2, 0) is 11.3 Å². The van der Waals surface area contributed by atoms with Crippen LogP contribution in [0.15, 0.2) is 36.4 Å². The Morgan fingerprint density at radius 1 is 1.25 bits per heavy atom. The summed E-state index contributed by atoms with van der Waals surface area (Å²) in [6.45, 7) is 2.94. The first-order valence-electron chi connectivity index (χ1n) is 6.75. The van der Waals surface area contributed by atoms with E-state index in [1.807, 2.05) is 36.4 Å². The largest absolute Gasteiger partial charge is 0.395 e. The third-order valence-electron chi connectivity index (χ3n) is 3.12. The number of benzene rings is 1. The van der Waals surface area contributed by atoms with E-state index in [1.165, 1.54) is 0 Å². The highest BCUT2D eigenvalue weighted by molar-refractivity contribution is 5.58. The standard InChI is InChI=1S/C15H21N3O2/c1-20-10-8-18(7-9-19)12-14-11-15(17-16-14)13-5-3-2-4-6-13/h2-6,11,19H,7-10,12H2,1H3,(H,16,17). The normalized spacial score (nSPS) is 11.2. The molecule has 0 unspecified atom stereocenters. The van der Waals surface area contributed by atoms with Crippen molar-refractivity contribution < 1.29 is 9.84 Å². The number of aromatic amines is 1. The van der Waals surface area contributed by atoms with Crippen LogP contribution in [0.25, 0.3) is 11.3 Å². The molecule has 108 valence electrons. The molecular formula is C15H21N3O2. The summed E-state index contributed by atoms with van der Waals surface area (Å²) in [4.78, 5) is 2.13. The van der Waals surface area contributed by atoms with E-state index in [-0.39, 0.29) is 6.61 Å². The lowest BCUT2D eigenvalue weighted by Gasteiger charge is -2.19. The number of aliphatic hydroxyl groups is 1. The Morgan fingerprint density at radius 2 is 2.05 bits per heavy atom. The first-order valence-corrected chi connectivity index (χ1v) is 6.75. The average Bonchev–Trinajstić information content (AvgIpc) is 2.94. The average molecular weight is 275 g/mol. The van der Waals surface area contributed by atoms with Crippen molar-refractivity contribution in [2.45, 2.75) is 6.54 Å². The lowest BCUT2D eigenvalue weighted by molar-refractivity contribution is 0.126. The highest BCUT2D eigenvalue weighted by atomic mass is 16.5. The maximum atomic E-state index is 9.09. The minimum atomic E-state index is 0.142. The number of ether oxygens (including phenoxy) is 1. The minimum absolute atomic E-state index is 0.142. The molecule has 0 aliphatic heterocycles. The summed E-state index contributed by atoms with van der Waals surface area (Å²) in [5.41, 5.74) is 3.07. The lowest BCUT2D eigenvalue weighted by atomic mass is 10.1. The number of methoxy groups -OCH3 is 1. The molecule has 1 aromatic carbocycles. The molecule has 1 aromatic heterocycles. The van der Waals surface area contributed by atoms with Crippen LogP contribution < -0.4 is 0 Å². The van der Waals surface area contributed by atoms with Gasteiger partial charge in [0.25, 0.3) is 0 Å². The Labute approximate surface area is 119 Å². The smallest absolute Gasteiger partial charge is 0.0924 e. The molecule has 2 rings (SSSR count). The molecule has 20 heavy (non-hydrogen) atoms. The van der Waals surface area contributed by atoms with Gasteiger partial charge in [-0.15, -0.1) is 0 Å². The number of rotatable bonds is 8. The van der Waals surface area contributed by atoms with E-state index in [4.69, 9.17) is 9.84 Å². The second-order valence-corrected chi connectivity index (χ2v) is 4.64. The molecule has 0 spiro atoms. The molecule has 2 N–H and O–H groups in total. The van der Waals surface area contributed by atoms with Crippen LogP contribution in [0.2, 0.25) is 0 Å². The molecule has 0 bridgehead atoms. The lowest BCUT2D eigenvalue weighted by Crippen LogP contribution is -2.30. The fraction of sp³-hybridized carbons (Fsp3) is 0.400. The van der Waals surface area contributed by atoms with Crippen LogP contribution >= 0.6 is 0 Å². The maximum Gasteiger partial charge on any atom is 0.0924 e. The number of nitrogens with zero attached hydrogens (tertiary/aromatic N) is 2. The van der Waals surface area contributed by atoms with Crippen molar-refractivity contribution in [2.75, 3.05) is 33.4 Å². The Morgan fingerprint density at radius 3 is 2.75 bits per heavy atom. The zero-order valence-corrected chi connectivity index (χ0v) is 11.7. The Hall–Kier alpha value is -1.69. The first-order chi connectivity index (χ1) is 9.83. The number of aliphatic hydroxyl groups excluding tert-OH is 1. The van der Waals surface area contributed by atoms with Gasteiger partial charge in [-0.3, -0.25) is 10.00 Å². The van der Waals surface area contributed by atoms with Crippen LogP contribution in [0.5, 0.6) is 0 Å². The molecule has 0 amide bonds. The molecule has 0 aliphatic rings. The number of H-pyrrole nitrogens is 1. The minimum Gasteiger partial charge on any atom is -0.395 e. The molecule has 5 nitrogen and oxygen atoms in total. The fourth-order valence-electron chi connectivity index (χ4n) is 2.07. The van der Waals surface area contributed by atoms with E-state index in [1.54, 1.807) is 7.11 Å². The molecule has 1 heterocycles. The van der Waals surface area contributed by atoms with Gasteiger partial charge in [-0.05, 0) is 6.07 Å². The highest BCUT2D eigenvalue weighted by Crippen LogP contribution is 2.17. The third-order valence-corrected chi connectivity index (χ3v) is 3.12. The second-order valence-electron chi connectivity index (χ2n) is 4.64. The molecular weight excluding hydrogens is 254 g/mol. The zero-order chi connectivity index (χ0) is 14.2. The fourth-order valence-corrected chi connectivity index (χ4v) is 2.07. The van der Waals surface area contributed by atoms with E-state index < -0.39 is 0 Å². The first kappa shape index (κ1) is 14.7. The molecule has 0 atom stereocenters. The van der Waals surface area contributed by atoms with Crippen LogP contribution in [0.1, 0.15) is 5.69 Å². The van der Waals surface area contributed by atoms with Gasteiger partial charge in [0.05, 0.1) is 18.9 Å². The predicted octanol–water partition coefficient (Wildman–Crippen LogP) is 1.52. The topological polar surface area (TPSA) is 61.4 Å². The van der Waals surface area contributed by atoms with Crippen molar-refractivity contribution in [2.24, 2.45) is 0 Å². The van der Waals surface area contributed by atoms with E-state index in [0.29, 0.717) is 13.2 Å². The van der Waals surface area contributed by atoms with Gasteiger partial charge in [-0.25, -0.2) is 0 Å². The summed E-state index contributed by atoms with van der Waals surface area (Å²) in [6.07, 6.45) is 0. The van der Waals surface area contributed by atoms with E-state index in [0.717, 1.165) is 30.0 Å². The van der Waals surface area contributed by atoms with E-state index >= 15 is 0 Å². The van der Waals surface area contributed by atoms with Gasteiger partial charge in [0.2, 0.25) is 0 Å². The van der Waals surface area contributed by atoms with Gasteiger partial charge >= 0.3 is 0 Å². The quantitative estimate of drug-likeness (QED) is 0.767. The summed E-state index contributed by atoms with van der Waals surface area (Å²) in [5.74, 6) is 0. The number of hydrogen-bond donors (Lipinski definition) is 2. The van der Waals surface area contributed by atoms with Gasteiger partial charge in [-0.2, -0.15) is 5.10 Å². The third kappa shape index (κ3) is 4.16. The van der Waals surface area contributed by atoms with Crippen LogP contribution in [0.4, 0.5) is 0 Å². The number of aromatic nitrogens is 2. The highest BCUT2D eigenvalue weighted by Gasteiger charge is 2.08. The van der Waals surface area contributed by atoms with Gasteiger partial charge in [-0.1, -0.05) is 30.3 Å². The second kappa shape index (κ2) is 7.79. The van der Waals surface area contributed by atoms with Crippen LogP contribution in [0, 0.1) is 0 Å². The molecule has 2 aromatic rings. The number of nitrogens with one attached hydrogen (secondary N) is 1. The van der Waals surface area contributed by atoms with Crippen molar-refractivity contribution in [3.63, 3.8) is 0 Å². The Balaban J connectivity index is 2.00. The molecule has 5 heteroatoms.